The van der Waals surface area contributed by atoms with E-state index >= 15 is 0 Å². The number of nitrogens with two attached hydrogens (primary N) is 4. The molecule has 2 aromatic carbocycles. The number of nitrogen functional groups attached to an aromatic ring is 4. The lowest BCUT2D eigenvalue weighted by atomic mass is 10.1. The zero-order valence-corrected chi connectivity index (χ0v) is 11.5. The summed E-state index contributed by atoms with van der Waals surface area (Å²) in [6.07, 6.45) is 0. The van der Waals surface area contributed by atoms with Crippen molar-refractivity contribution < 1.29 is 19.8 Å². The van der Waals surface area contributed by atoms with Crippen molar-refractivity contribution in [1.29, 1.82) is 0 Å². The highest BCUT2D eigenvalue weighted by atomic mass is 16.4. The number of hydrogen-bond acceptors (Lipinski definition) is 6. The number of anilines is 4. The zero-order chi connectivity index (χ0) is 16.9. The van der Waals surface area contributed by atoms with Crippen molar-refractivity contribution in [2.45, 2.75) is 0 Å². The Balaban J connectivity index is 0.000000220. The van der Waals surface area contributed by atoms with Gasteiger partial charge in [-0.2, -0.15) is 0 Å². The summed E-state index contributed by atoms with van der Waals surface area (Å²) in [6.45, 7) is 0. The summed E-state index contributed by atoms with van der Waals surface area (Å²) in [6, 6.07) is 8.51. The van der Waals surface area contributed by atoms with E-state index in [4.69, 9.17) is 33.1 Å². The molecule has 0 aliphatic carbocycles. The Morgan fingerprint density at radius 2 is 1.36 bits per heavy atom. The molecule has 8 nitrogen and oxygen atoms in total. The first-order valence-corrected chi connectivity index (χ1v) is 5.99. The van der Waals surface area contributed by atoms with E-state index < -0.39 is 11.9 Å². The van der Waals surface area contributed by atoms with Gasteiger partial charge < -0.3 is 33.1 Å². The van der Waals surface area contributed by atoms with Gasteiger partial charge in [-0.3, -0.25) is 0 Å². The van der Waals surface area contributed by atoms with Gasteiger partial charge in [0.1, 0.15) is 0 Å². The third-order valence-electron chi connectivity index (χ3n) is 2.64. The number of rotatable bonds is 2. The summed E-state index contributed by atoms with van der Waals surface area (Å²) in [7, 11) is 0. The summed E-state index contributed by atoms with van der Waals surface area (Å²) in [5, 5.41) is 17.0. The van der Waals surface area contributed by atoms with Crippen LogP contribution in [0.4, 0.5) is 22.7 Å². The molecule has 2 aromatic rings. The lowest BCUT2D eigenvalue weighted by molar-refractivity contribution is 0.0686. The summed E-state index contributed by atoms with van der Waals surface area (Å²) >= 11 is 0. The summed E-state index contributed by atoms with van der Waals surface area (Å²) in [5.74, 6) is -2.04. The fourth-order valence-electron chi connectivity index (χ4n) is 1.48. The largest absolute Gasteiger partial charge is 0.478 e. The molecule has 0 aliphatic rings. The maximum Gasteiger partial charge on any atom is 0.337 e. The molecule has 8 heteroatoms. The molecule has 22 heavy (non-hydrogen) atoms. The van der Waals surface area contributed by atoms with Crippen LogP contribution in [-0.2, 0) is 0 Å². The van der Waals surface area contributed by atoms with E-state index in [9.17, 15) is 9.59 Å². The average Bonchev–Trinajstić information content (AvgIpc) is 2.41. The Morgan fingerprint density at radius 3 is 1.82 bits per heavy atom. The molecule has 0 radical (unpaired) electrons. The highest BCUT2D eigenvalue weighted by Crippen LogP contribution is 2.16. The molecule has 10 N–H and O–H groups in total. The number of aromatic carboxylic acids is 2. The van der Waals surface area contributed by atoms with Crippen LogP contribution in [-0.4, -0.2) is 22.2 Å². The second kappa shape index (κ2) is 6.84. The molecule has 0 saturated carbocycles. The van der Waals surface area contributed by atoms with Crippen molar-refractivity contribution >= 4 is 34.7 Å². The molecule has 0 spiro atoms. The molecule has 0 amide bonds. The summed E-state index contributed by atoms with van der Waals surface area (Å²) in [4.78, 5) is 20.8. The highest BCUT2D eigenvalue weighted by Gasteiger charge is 2.06. The van der Waals surface area contributed by atoms with E-state index in [2.05, 4.69) is 0 Å². The van der Waals surface area contributed by atoms with Crippen LogP contribution in [0.25, 0.3) is 0 Å². The Hall–Kier alpha value is -3.42. The minimum Gasteiger partial charge on any atom is -0.478 e. The molecular weight excluding hydrogens is 288 g/mol. The van der Waals surface area contributed by atoms with Crippen LogP contribution in [0, 0.1) is 0 Å². The molecule has 0 saturated heterocycles. The molecular formula is C14H16N4O4. The van der Waals surface area contributed by atoms with Gasteiger partial charge in [0.2, 0.25) is 0 Å². The third-order valence-corrected chi connectivity index (χ3v) is 2.64. The molecule has 0 fully saturated rings. The van der Waals surface area contributed by atoms with E-state index in [1.54, 1.807) is 0 Å². The molecule has 0 atom stereocenters. The topological polar surface area (TPSA) is 179 Å². The number of carbonyl (C=O) groups is 2. The average molecular weight is 304 g/mol. The number of hydrogen-bond donors (Lipinski definition) is 6. The molecule has 0 aliphatic heterocycles. The monoisotopic (exact) mass is 304 g/mol. The van der Waals surface area contributed by atoms with Gasteiger partial charge in [0, 0.05) is 11.4 Å². The summed E-state index contributed by atoms with van der Waals surface area (Å²) in [5.41, 5.74) is 23.0. The quantitative estimate of drug-likeness (QED) is 0.446. The van der Waals surface area contributed by atoms with Crippen molar-refractivity contribution in [1.82, 2.24) is 0 Å². The number of benzene rings is 2. The predicted molar refractivity (Wildman–Crippen MR) is 84.5 cm³/mol. The third kappa shape index (κ3) is 4.30. The molecule has 0 heterocycles. The van der Waals surface area contributed by atoms with E-state index in [0.29, 0.717) is 17.1 Å². The standard InChI is InChI=1S/2C7H8N2O2/c8-4-1-2-5(7(10)11)6(9)3-4;8-5-2-1-4(7(10)11)3-6(5)9/h2*1-3H,8-9H2,(H,10,11). The van der Waals surface area contributed by atoms with Crippen LogP contribution in [0.3, 0.4) is 0 Å². The molecule has 0 unspecified atom stereocenters. The van der Waals surface area contributed by atoms with Gasteiger partial charge in [-0.1, -0.05) is 0 Å². The molecule has 0 bridgehead atoms. The Kier molecular flexibility index (Phi) is 5.17. The highest BCUT2D eigenvalue weighted by molar-refractivity contribution is 5.94. The smallest absolute Gasteiger partial charge is 0.337 e. The van der Waals surface area contributed by atoms with Crippen molar-refractivity contribution in [2.75, 3.05) is 22.9 Å². The fourth-order valence-corrected chi connectivity index (χ4v) is 1.48. The maximum atomic E-state index is 10.4. The van der Waals surface area contributed by atoms with Crippen LogP contribution in [0.15, 0.2) is 36.4 Å². The lowest BCUT2D eigenvalue weighted by Crippen LogP contribution is -2.02. The minimum absolute atomic E-state index is 0.0826. The van der Waals surface area contributed by atoms with Gasteiger partial charge in [0.25, 0.3) is 0 Å². The normalized spacial score (nSPS) is 9.45. The van der Waals surface area contributed by atoms with Gasteiger partial charge in [-0.25, -0.2) is 9.59 Å². The summed E-state index contributed by atoms with van der Waals surface area (Å²) < 4.78 is 0. The number of carboxylic acid groups (broad SMARTS) is 2. The SMILES string of the molecule is Nc1ccc(C(=O)O)c(N)c1.Nc1ccc(C(=O)O)cc1N. The van der Waals surface area contributed by atoms with Gasteiger partial charge in [-0.05, 0) is 36.4 Å². The van der Waals surface area contributed by atoms with Gasteiger partial charge in [0.05, 0.1) is 22.5 Å². The second-order valence-electron chi connectivity index (χ2n) is 4.30. The zero-order valence-electron chi connectivity index (χ0n) is 11.5. The first-order chi connectivity index (χ1) is 10.2. The van der Waals surface area contributed by atoms with Crippen LogP contribution >= 0.6 is 0 Å². The van der Waals surface area contributed by atoms with E-state index in [1.807, 2.05) is 0 Å². The fraction of sp³-hybridized carbons (Fsp3) is 0. The maximum absolute atomic E-state index is 10.4. The lowest BCUT2D eigenvalue weighted by Gasteiger charge is -1.99. The second-order valence-corrected chi connectivity index (χ2v) is 4.30. The van der Waals surface area contributed by atoms with Crippen molar-refractivity contribution in [3.05, 3.63) is 47.5 Å². The van der Waals surface area contributed by atoms with Crippen LogP contribution < -0.4 is 22.9 Å². The van der Waals surface area contributed by atoms with Crippen LogP contribution in [0.1, 0.15) is 20.7 Å². The minimum atomic E-state index is -1.04. The number of carboxylic acids is 2. The van der Waals surface area contributed by atoms with Crippen molar-refractivity contribution in [3.8, 4) is 0 Å². The van der Waals surface area contributed by atoms with Crippen molar-refractivity contribution in [2.24, 2.45) is 0 Å². The first-order valence-electron chi connectivity index (χ1n) is 5.99. The van der Waals surface area contributed by atoms with Crippen LogP contribution in [0.2, 0.25) is 0 Å². The first kappa shape index (κ1) is 16.6. The predicted octanol–water partition coefficient (Wildman–Crippen LogP) is 1.10. The molecule has 0 aromatic heterocycles. The van der Waals surface area contributed by atoms with Crippen molar-refractivity contribution in [3.63, 3.8) is 0 Å². The Labute approximate surface area is 125 Å². The van der Waals surface area contributed by atoms with Gasteiger partial charge >= 0.3 is 11.9 Å². The van der Waals surface area contributed by atoms with E-state index in [0.717, 1.165) is 0 Å². The van der Waals surface area contributed by atoms with Crippen LogP contribution in [0.5, 0.6) is 0 Å². The van der Waals surface area contributed by atoms with Gasteiger partial charge in [0.15, 0.2) is 0 Å². The Bertz CT molecular complexity index is 716. The van der Waals surface area contributed by atoms with E-state index in [-0.39, 0.29) is 16.8 Å². The molecule has 2 rings (SSSR count). The molecule has 116 valence electrons. The van der Waals surface area contributed by atoms with Gasteiger partial charge in [-0.15, -0.1) is 0 Å². The Morgan fingerprint density at radius 1 is 0.727 bits per heavy atom. The van der Waals surface area contributed by atoms with E-state index in [1.165, 1.54) is 36.4 Å².